The van der Waals surface area contributed by atoms with Crippen LogP contribution in [-0.4, -0.2) is 58.2 Å². The highest BCUT2D eigenvalue weighted by Gasteiger charge is 2.36. The number of rotatable bonds is 5. The van der Waals surface area contributed by atoms with Gasteiger partial charge in [0.25, 0.3) is 0 Å². The molecule has 2 aromatic rings. The summed E-state index contributed by atoms with van der Waals surface area (Å²) in [6.45, 7) is 1.57. The molecule has 0 aliphatic carbocycles. The van der Waals surface area contributed by atoms with Crippen molar-refractivity contribution < 1.29 is 9.90 Å². The van der Waals surface area contributed by atoms with Gasteiger partial charge in [-0.2, -0.15) is 11.3 Å². The monoisotopic (exact) mass is 346 g/mol. The maximum atomic E-state index is 12.4. The fourth-order valence-corrected chi connectivity index (χ4v) is 3.77. The molecule has 1 aliphatic heterocycles. The summed E-state index contributed by atoms with van der Waals surface area (Å²) in [6, 6.07) is 3.73. The molecule has 3 heterocycles. The number of thiophene rings is 1. The van der Waals surface area contributed by atoms with E-state index in [-0.39, 0.29) is 5.91 Å². The molecule has 3 rings (SSSR count). The number of amides is 1. The summed E-state index contributed by atoms with van der Waals surface area (Å²) in [6.07, 6.45) is 5.30. The number of aromatic nitrogens is 2. The number of likely N-dealkylation sites (N-methyl/N-ethyl adjacent to an activating group) is 1. The van der Waals surface area contributed by atoms with E-state index in [9.17, 15) is 9.90 Å². The third-order valence-electron chi connectivity index (χ3n) is 4.28. The van der Waals surface area contributed by atoms with Crippen LogP contribution in [0.1, 0.15) is 18.4 Å². The Labute approximate surface area is 145 Å². The van der Waals surface area contributed by atoms with Crippen LogP contribution in [0.5, 0.6) is 0 Å². The van der Waals surface area contributed by atoms with Crippen LogP contribution in [0.4, 0.5) is 5.95 Å². The number of hydrogen-bond donors (Lipinski definition) is 1. The van der Waals surface area contributed by atoms with Crippen LogP contribution in [0.3, 0.4) is 0 Å². The second-order valence-electron chi connectivity index (χ2n) is 6.36. The van der Waals surface area contributed by atoms with Crippen LogP contribution in [-0.2, 0) is 11.2 Å². The minimum absolute atomic E-state index is 0.0231. The summed E-state index contributed by atoms with van der Waals surface area (Å²) in [5, 5.41) is 14.9. The number of piperidine rings is 1. The predicted octanol–water partition coefficient (Wildman–Crippen LogP) is 1.57. The van der Waals surface area contributed by atoms with Gasteiger partial charge in [0, 0.05) is 26.0 Å². The zero-order valence-electron chi connectivity index (χ0n) is 13.8. The average Bonchev–Trinajstić information content (AvgIpc) is 3.08. The van der Waals surface area contributed by atoms with E-state index in [1.54, 1.807) is 41.7 Å². The Balaban J connectivity index is 1.61. The Kier molecular flexibility index (Phi) is 5.11. The van der Waals surface area contributed by atoms with Crippen LogP contribution < -0.4 is 4.90 Å². The minimum atomic E-state index is -0.934. The molecule has 1 aliphatic rings. The molecule has 1 N–H and O–H groups in total. The van der Waals surface area contributed by atoms with Crippen molar-refractivity contribution in [3.05, 3.63) is 40.8 Å². The van der Waals surface area contributed by atoms with Gasteiger partial charge in [0.1, 0.15) is 0 Å². The van der Waals surface area contributed by atoms with Crippen molar-refractivity contribution in [2.45, 2.75) is 24.9 Å². The van der Waals surface area contributed by atoms with Crippen LogP contribution >= 0.6 is 11.3 Å². The van der Waals surface area contributed by atoms with Gasteiger partial charge in [-0.3, -0.25) is 4.79 Å². The molecule has 7 heteroatoms. The third kappa shape index (κ3) is 4.10. The van der Waals surface area contributed by atoms with Crippen LogP contribution in [0, 0.1) is 0 Å². The molecule has 128 valence electrons. The number of aliphatic hydroxyl groups is 1. The summed E-state index contributed by atoms with van der Waals surface area (Å²) in [4.78, 5) is 24.5. The van der Waals surface area contributed by atoms with Crippen molar-refractivity contribution in [2.75, 3.05) is 31.6 Å². The van der Waals surface area contributed by atoms with Gasteiger partial charge in [-0.15, -0.1) is 0 Å². The lowest BCUT2D eigenvalue weighted by molar-refractivity contribution is -0.132. The second-order valence-corrected chi connectivity index (χ2v) is 7.14. The number of carbonyl (C=O) groups excluding carboxylic acids is 1. The topological polar surface area (TPSA) is 69.6 Å². The number of anilines is 1. The molecule has 2 aromatic heterocycles. The smallest absolute Gasteiger partial charge is 0.226 e. The second kappa shape index (κ2) is 7.27. The quantitative estimate of drug-likeness (QED) is 0.890. The van der Waals surface area contributed by atoms with E-state index < -0.39 is 5.60 Å². The lowest BCUT2D eigenvalue weighted by atomic mass is 9.92. The molecule has 1 fully saturated rings. The van der Waals surface area contributed by atoms with E-state index >= 15 is 0 Å². The van der Waals surface area contributed by atoms with Gasteiger partial charge in [0.15, 0.2) is 0 Å². The predicted molar refractivity (Wildman–Crippen MR) is 94.1 cm³/mol. The largest absolute Gasteiger partial charge is 0.386 e. The fourth-order valence-electron chi connectivity index (χ4n) is 3.10. The number of hydrogen-bond acceptors (Lipinski definition) is 6. The standard InChI is InChI=1S/C17H22N4O2S/c1-20(15(22)10-14-4-9-24-11-14)12-17(23)5-2-8-21(13-17)16-18-6-3-7-19-16/h3-4,6-7,9,11,23H,2,5,8,10,12-13H2,1H3/t17-/m0/s1. The van der Waals surface area contributed by atoms with Crippen molar-refractivity contribution in [2.24, 2.45) is 0 Å². The van der Waals surface area contributed by atoms with E-state index in [0.29, 0.717) is 31.9 Å². The Morgan fingerprint density at radius 1 is 1.46 bits per heavy atom. The Bertz CT molecular complexity index is 664. The van der Waals surface area contributed by atoms with Crippen molar-refractivity contribution in [1.29, 1.82) is 0 Å². The van der Waals surface area contributed by atoms with Gasteiger partial charge in [-0.1, -0.05) is 0 Å². The molecule has 0 saturated carbocycles. The zero-order chi connectivity index (χ0) is 17.0. The molecular formula is C17H22N4O2S. The van der Waals surface area contributed by atoms with E-state index in [2.05, 4.69) is 9.97 Å². The fraction of sp³-hybridized carbons (Fsp3) is 0.471. The van der Waals surface area contributed by atoms with Crippen LogP contribution in [0.15, 0.2) is 35.3 Å². The molecule has 0 spiro atoms. The molecule has 1 atom stereocenters. The molecule has 1 saturated heterocycles. The average molecular weight is 346 g/mol. The van der Waals surface area contributed by atoms with Crippen molar-refractivity contribution >= 4 is 23.2 Å². The van der Waals surface area contributed by atoms with Crippen molar-refractivity contribution in [3.63, 3.8) is 0 Å². The Hall–Kier alpha value is -1.99. The number of carbonyl (C=O) groups is 1. The highest BCUT2D eigenvalue weighted by molar-refractivity contribution is 7.07. The SMILES string of the molecule is CN(C[C@@]1(O)CCCN(c2ncccn2)C1)C(=O)Cc1ccsc1. The highest BCUT2D eigenvalue weighted by atomic mass is 32.1. The summed E-state index contributed by atoms with van der Waals surface area (Å²) >= 11 is 1.59. The lowest BCUT2D eigenvalue weighted by Crippen LogP contribution is -2.55. The van der Waals surface area contributed by atoms with Gasteiger partial charge in [-0.05, 0) is 41.3 Å². The molecule has 6 nitrogen and oxygen atoms in total. The first kappa shape index (κ1) is 16.9. The summed E-state index contributed by atoms with van der Waals surface area (Å²) in [5.74, 6) is 0.651. The molecular weight excluding hydrogens is 324 g/mol. The number of nitrogens with zero attached hydrogens (tertiary/aromatic N) is 4. The normalized spacial score (nSPS) is 20.8. The van der Waals surface area contributed by atoms with Crippen molar-refractivity contribution in [3.8, 4) is 0 Å². The van der Waals surface area contributed by atoms with Gasteiger partial charge in [0.05, 0.1) is 25.1 Å². The summed E-state index contributed by atoms with van der Waals surface area (Å²) in [5.41, 5.74) is 0.0862. The Morgan fingerprint density at radius 3 is 2.96 bits per heavy atom. The van der Waals surface area contributed by atoms with Gasteiger partial charge in [-0.25, -0.2) is 9.97 Å². The molecule has 0 unspecified atom stereocenters. The Morgan fingerprint density at radius 2 is 2.25 bits per heavy atom. The van der Waals surface area contributed by atoms with E-state index in [1.807, 2.05) is 21.7 Å². The minimum Gasteiger partial charge on any atom is -0.386 e. The van der Waals surface area contributed by atoms with Gasteiger partial charge >= 0.3 is 0 Å². The van der Waals surface area contributed by atoms with Crippen molar-refractivity contribution in [1.82, 2.24) is 14.9 Å². The zero-order valence-corrected chi connectivity index (χ0v) is 14.6. The molecule has 0 aromatic carbocycles. The molecule has 0 bridgehead atoms. The van der Waals surface area contributed by atoms with E-state index in [4.69, 9.17) is 0 Å². The molecule has 0 radical (unpaired) electrons. The first-order valence-electron chi connectivity index (χ1n) is 8.05. The van der Waals surface area contributed by atoms with Crippen LogP contribution in [0.2, 0.25) is 0 Å². The van der Waals surface area contributed by atoms with Gasteiger partial charge in [0.2, 0.25) is 11.9 Å². The van der Waals surface area contributed by atoms with E-state index in [0.717, 1.165) is 18.5 Å². The molecule has 24 heavy (non-hydrogen) atoms. The first-order valence-corrected chi connectivity index (χ1v) is 8.99. The first-order chi connectivity index (χ1) is 11.6. The van der Waals surface area contributed by atoms with Gasteiger partial charge < -0.3 is 14.9 Å². The highest BCUT2D eigenvalue weighted by Crippen LogP contribution is 2.24. The summed E-state index contributed by atoms with van der Waals surface area (Å²) in [7, 11) is 1.75. The maximum absolute atomic E-state index is 12.4. The molecule has 1 amide bonds. The van der Waals surface area contributed by atoms with E-state index in [1.165, 1.54) is 0 Å². The number of β-amino-alcohol motifs (C(OH)–C–C–N with tert-alkyl or cyclic N) is 1. The lowest BCUT2D eigenvalue weighted by Gasteiger charge is -2.41. The van der Waals surface area contributed by atoms with Crippen LogP contribution in [0.25, 0.3) is 0 Å². The maximum Gasteiger partial charge on any atom is 0.226 e. The summed E-state index contributed by atoms with van der Waals surface area (Å²) < 4.78 is 0. The third-order valence-corrected chi connectivity index (χ3v) is 5.02.